The first kappa shape index (κ1) is 25.5. The van der Waals surface area contributed by atoms with Gasteiger partial charge in [-0.2, -0.15) is 0 Å². The molecule has 6 aromatic carbocycles. The highest BCUT2D eigenvalue weighted by Crippen LogP contribution is 2.38. The predicted molar refractivity (Wildman–Crippen MR) is 185 cm³/mol. The fourth-order valence-electron chi connectivity index (χ4n) is 6.47. The van der Waals surface area contributed by atoms with Crippen LogP contribution in [-0.2, 0) is 0 Å². The summed E-state index contributed by atoms with van der Waals surface area (Å²) in [5.41, 5.74) is 12.0. The lowest BCUT2D eigenvalue weighted by molar-refractivity contribution is 0.667. The summed E-state index contributed by atoms with van der Waals surface area (Å²) in [5, 5.41) is 3.48. The molecule has 3 heterocycles. The van der Waals surface area contributed by atoms with Gasteiger partial charge in [-0.1, -0.05) is 115 Å². The number of fused-ring (bicyclic) bond motifs is 6. The van der Waals surface area contributed by atoms with E-state index in [2.05, 4.69) is 127 Å². The second-order valence-corrected chi connectivity index (χ2v) is 11.5. The predicted octanol–water partition coefficient (Wildman–Crippen LogP) is 10.8. The van der Waals surface area contributed by atoms with E-state index in [1.165, 1.54) is 27.4 Å². The van der Waals surface area contributed by atoms with E-state index in [4.69, 9.17) is 14.4 Å². The highest BCUT2D eigenvalue weighted by atomic mass is 16.3. The summed E-state index contributed by atoms with van der Waals surface area (Å²) >= 11 is 0. The Bertz CT molecular complexity index is 2490. The summed E-state index contributed by atoms with van der Waals surface area (Å²) in [6.45, 7) is 2.09. The fraction of sp³-hybridized carbons (Fsp3) is 0.0244. The number of para-hydroxylation sites is 2. The van der Waals surface area contributed by atoms with Crippen LogP contribution in [0.3, 0.4) is 0 Å². The molecule has 9 rings (SSSR count). The molecule has 0 saturated carbocycles. The molecule has 0 aliphatic rings. The van der Waals surface area contributed by atoms with Gasteiger partial charge in [-0.25, -0.2) is 9.97 Å². The van der Waals surface area contributed by atoms with Crippen molar-refractivity contribution in [2.24, 2.45) is 0 Å². The Morgan fingerprint density at radius 1 is 0.511 bits per heavy atom. The third-order valence-electron chi connectivity index (χ3n) is 8.69. The monoisotopic (exact) mass is 577 g/mol. The van der Waals surface area contributed by atoms with E-state index in [0.29, 0.717) is 11.4 Å². The third-order valence-corrected chi connectivity index (χ3v) is 8.69. The van der Waals surface area contributed by atoms with Gasteiger partial charge >= 0.3 is 0 Å². The highest BCUT2D eigenvalue weighted by Gasteiger charge is 2.19. The highest BCUT2D eigenvalue weighted by molar-refractivity contribution is 6.10. The summed E-state index contributed by atoms with van der Waals surface area (Å²) in [5.74, 6) is 0.685. The Labute approximate surface area is 259 Å². The van der Waals surface area contributed by atoms with E-state index in [-0.39, 0.29) is 0 Å². The Hall–Kier alpha value is -6.00. The van der Waals surface area contributed by atoms with Crippen molar-refractivity contribution in [3.63, 3.8) is 0 Å². The van der Waals surface area contributed by atoms with Crippen LogP contribution < -0.4 is 0 Å². The standard InChI is InChI=1S/C41H27N3O/c1-26-18-20-27(21-19-26)38-40-39(43-41(42-38)28-10-3-2-4-11-28)34-23-22-30(25-37(34)45-40)29-12-9-13-31(24-29)44-35-16-7-5-14-32(35)33-15-6-8-17-36(33)44/h2-25H,1H3. The first-order chi connectivity index (χ1) is 22.2. The number of aromatic nitrogens is 3. The molecule has 0 atom stereocenters. The summed E-state index contributed by atoms with van der Waals surface area (Å²) in [6, 6.07) is 50.9. The zero-order valence-corrected chi connectivity index (χ0v) is 24.6. The number of benzene rings is 6. The maximum atomic E-state index is 6.61. The van der Waals surface area contributed by atoms with E-state index in [9.17, 15) is 0 Å². The van der Waals surface area contributed by atoms with Crippen LogP contribution in [0.1, 0.15) is 5.56 Å². The zero-order valence-electron chi connectivity index (χ0n) is 24.6. The van der Waals surface area contributed by atoms with Crippen molar-refractivity contribution in [2.75, 3.05) is 0 Å². The average molecular weight is 578 g/mol. The average Bonchev–Trinajstić information content (AvgIpc) is 3.64. The molecule has 0 N–H and O–H groups in total. The minimum absolute atomic E-state index is 0.685. The second-order valence-electron chi connectivity index (χ2n) is 11.5. The molecule has 4 nitrogen and oxygen atoms in total. The summed E-state index contributed by atoms with van der Waals surface area (Å²) in [6.07, 6.45) is 0. The number of hydrogen-bond acceptors (Lipinski definition) is 3. The van der Waals surface area contributed by atoms with Crippen LogP contribution in [0.2, 0.25) is 0 Å². The van der Waals surface area contributed by atoms with E-state index in [1.54, 1.807) is 0 Å². The molecule has 3 aromatic heterocycles. The molecule has 4 heteroatoms. The first-order valence-corrected chi connectivity index (χ1v) is 15.2. The first-order valence-electron chi connectivity index (χ1n) is 15.2. The molecular formula is C41H27N3O. The lowest BCUT2D eigenvalue weighted by Gasteiger charge is -2.10. The molecule has 0 aliphatic carbocycles. The number of aryl methyl sites for hydroxylation is 1. The molecule has 0 unspecified atom stereocenters. The van der Waals surface area contributed by atoms with Crippen LogP contribution in [0, 0.1) is 6.92 Å². The number of hydrogen-bond donors (Lipinski definition) is 0. The van der Waals surface area contributed by atoms with Crippen LogP contribution in [0.25, 0.3) is 83.3 Å². The topological polar surface area (TPSA) is 43.9 Å². The smallest absolute Gasteiger partial charge is 0.180 e. The number of nitrogens with zero attached hydrogens (tertiary/aromatic N) is 3. The minimum atomic E-state index is 0.685. The van der Waals surface area contributed by atoms with E-state index < -0.39 is 0 Å². The van der Waals surface area contributed by atoms with Crippen LogP contribution in [0.5, 0.6) is 0 Å². The molecule has 9 aromatic rings. The van der Waals surface area contributed by atoms with Crippen LogP contribution in [0.4, 0.5) is 0 Å². The van der Waals surface area contributed by atoms with Crippen molar-refractivity contribution in [2.45, 2.75) is 6.92 Å². The van der Waals surface area contributed by atoms with Crippen molar-refractivity contribution in [1.29, 1.82) is 0 Å². The summed E-state index contributed by atoms with van der Waals surface area (Å²) in [4.78, 5) is 10.1. The van der Waals surface area contributed by atoms with Crippen molar-refractivity contribution < 1.29 is 4.42 Å². The molecule has 45 heavy (non-hydrogen) atoms. The normalized spacial score (nSPS) is 11.7. The Morgan fingerprint density at radius 2 is 1.16 bits per heavy atom. The fourth-order valence-corrected chi connectivity index (χ4v) is 6.47. The van der Waals surface area contributed by atoms with Crippen LogP contribution in [-0.4, -0.2) is 14.5 Å². The van der Waals surface area contributed by atoms with Crippen LogP contribution in [0.15, 0.2) is 150 Å². The lowest BCUT2D eigenvalue weighted by atomic mass is 10.0. The maximum absolute atomic E-state index is 6.61. The SMILES string of the molecule is Cc1ccc(-c2nc(-c3ccccc3)nc3c2oc2cc(-c4cccc(-n5c6ccccc6c6ccccc65)c4)ccc23)cc1. The number of rotatable bonds is 4. The summed E-state index contributed by atoms with van der Waals surface area (Å²) in [7, 11) is 0. The van der Waals surface area contributed by atoms with Gasteiger partial charge in [0, 0.05) is 33.0 Å². The molecule has 0 bridgehead atoms. The molecule has 212 valence electrons. The third kappa shape index (κ3) is 4.15. The largest absolute Gasteiger partial charge is 0.452 e. The minimum Gasteiger partial charge on any atom is -0.452 e. The van der Waals surface area contributed by atoms with Crippen molar-refractivity contribution in [3.8, 4) is 39.5 Å². The Morgan fingerprint density at radius 3 is 1.91 bits per heavy atom. The zero-order chi connectivity index (χ0) is 29.9. The second kappa shape index (κ2) is 10.0. The van der Waals surface area contributed by atoms with Crippen molar-refractivity contribution in [3.05, 3.63) is 151 Å². The number of furan rings is 1. The Kier molecular flexibility index (Phi) is 5.69. The molecule has 0 fully saturated rings. The molecule has 0 aliphatic heterocycles. The van der Waals surface area contributed by atoms with E-state index in [1.807, 2.05) is 30.3 Å². The molecule has 0 spiro atoms. The lowest BCUT2D eigenvalue weighted by Crippen LogP contribution is -1.94. The summed E-state index contributed by atoms with van der Waals surface area (Å²) < 4.78 is 8.96. The van der Waals surface area contributed by atoms with Crippen molar-refractivity contribution in [1.82, 2.24) is 14.5 Å². The van der Waals surface area contributed by atoms with Gasteiger partial charge in [0.25, 0.3) is 0 Å². The Balaban J connectivity index is 1.22. The quantitative estimate of drug-likeness (QED) is 0.209. The van der Waals surface area contributed by atoms with Gasteiger partial charge in [0.1, 0.15) is 16.8 Å². The molecular weight excluding hydrogens is 550 g/mol. The van der Waals surface area contributed by atoms with Gasteiger partial charge < -0.3 is 8.98 Å². The van der Waals surface area contributed by atoms with Gasteiger partial charge in [-0.3, -0.25) is 0 Å². The van der Waals surface area contributed by atoms with E-state index in [0.717, 1.165) is 50.1 Å². The van der Waals surface area contributed by atoms with Gasteiger partial charge in [0.15, 0.2) is 11.4 Å². The molecule has 0 radical (unpaired) electrons. The van der Waals surface area contributed by atoms with Gasteiger partial charge in [-0.15, -0.1) is 0 Å². The molecule has 0 saturated heterocycles. The molecule has 0 amide bonds. The van der Waals surface area contributed by atoms with Crippen molar-refractivity contribution >= 4 is 43.9 Å². The van der Waals surface area contributed by atoms with Gasteiger partial charge in [0.05, 0.1) is 11.0 Å². The van der Waals surface area contributed by atoms with Crippen LogP contribution >= 0.6 is 0 Å². The maximum Gasteiger partial charge on any atom is 0.180 e. The van der Waals surface area contributed by atoms with Gasteiger partial charge in [-0.05, 0) is 54.4 Å². The van der Waals surface area contributed by atoms with Gasteiger partial charge in [0.2, 0.25) is 0 Å². The van der Waals surface area contributed by atoms with E-state index >= 15 is 0 Å².